The van der Waals surface area contributed by atoms with Crippen molar-refractivity contribution in [2.24, 2.45) is 0 Å². The van der Waals surface area contributed by atoms with Gasteiger partial charge in [-0.15, -0.1) is 5.06 Å². The number of hydrogen-bond acceptors (Lipinski definition) is 6. The Balaban J connectivity index is 2.28. The minimum absolute atomic E-state index is 0.0585. The van der Waals surface area contributed by atoms with E-state index in [1.165, 1.54) is 0 Å². The second kappa shape index (κ2) is 5.89. The third kappa shape index (κ3) is 3.84. The summed E-state index contributed by atoms with van der Waals surface area (Å²) >= 11 is 0. The first-order valence-electron chi connectivity index (χ1n) is 4.72. The van der Waals surface area contributed by atoms with Crippen molar-refractivity contribution >= 4 is 26.2 Å². The summed E-state index contributed by atoms with van der Waals surface area (Å²) in [5.41, 5.74) is 0. The van der Waals surface area contributed by atoms with E-state index in [9.17, 15) is 14.4 Å². The van der Waals surface area contributed by atoms with E-state index in [1.807, 2.05) is 0 Å². The van der Waals surface area contributed by atoms with Gasteiger partial charge in [-0.25, -0.2) is 4.79 Å². The highest BCUT2D eigenvalue weighted by Gasteiger charge is 2.32. The summed E-state index contributed by atoms with van der Waals surface area (Å²) in [6.07, 6.45) is 0.409. The Bertz CT molecular complexity index is 289. The van der Waals surface area contributed by atoms with Gasteiger partial charge in [-0.3, -0.25) is 9.59 Å². The van der Waals surface area contributed by atoms with E-state index in [1.54, 1.807) is 0 Å². The Morgan fingerprint density at radius 1 is 1.31 bits per heavy atom. The lowest BCUT2D eigenvalue weighted by atomic mass is 10.3. The highest BCUT2D eigenvalue weighted by molar-refractivity contribution is 7.45. The maximum absolute atomic E-state index is 11.1. The van der Waals surface area contributed by atoms with Gasteiger partial charge in [0.25, 0.3) is 11.8 Å². The van der Waals surface area contributed by atoms with Crippen LogP contribution in [0.15, 0.2) is 0 Å². The van der Waals surface area contributed by atoms with Crippen LogP contribution in [0, 0.1) is 0 Å². The van der Waals surface area contributed by atoms with Gasteiger partial charge in [-0.05, 0) is 6.42 Å². The lowest BCUT2D eigenvalue weighted by Gasteiger charge is -2.12. The Morgan fingerprint density at radius 3 is 2.38 bits per heavy atom. The van der Waals surface area contributed by atoms with E-state index >= 15 is 0 Å². The predicted octanol–water partition coefficient (Wildman–Crippen LogP) is -0.330. The van der Waals surface area contributed by atoms with Crippen LogP contribution in [0.4, 0.5) is 0 Å². The van der Waals surface area contributed by atoms with Crippen molar-refractivity contribution in [2.45, 2.75) is 25.7 Å². The molecule has 1 rings (SSSR count). The number of amides is 2. The van der Waals surface area contributed by atoms with E-state index < -0.39 is 26.2 Å². The molecule has 90 valence electrons. The Hall–Kier alpha value is -1.04. The Morgan fingerprint density at radius 2 is 1.88 bits per heavy atom. The molecular weight excluding hydrogens is 237 g/mol. The molecular formula is C8H12NO6P. The molecule has 0 spiro atoms. The lowest BCUT2D eigenvalue weighted by molar-refractivity contribution is -0.197. The van der Waals surface area contributed by atoms with E-state index in [-0.39, 0.29) is 31.8 Å². The molecule has 0 aromatic rings. The molecule has 2 amide bonds. The number of carbonyl (C=O) groups is 3. The summed E-state index contributed by atoms with van der Waals surface area (Å²) in [5, 5.41) is 0.475. The van der Waals surface area contributed by atoms with Crippen LogP contribution in [-0.2, 0) is 19.2 Å². The third-order valence-electron chi connectivity index (χ3n) is 1.94. The van der Waals surface area contributed by atoms with Crippen LogP contribution in [-0.4, -0.2) is 38.8 Å². The molecule has 1 aliphatic heterocycles. The summed E-state index contributed by atoms with van der Waals surface area (Å²) in [6, 6.07) is 0. The van der Waals surface area contributed by atoms with Gasteiger partial charge in [-0.1, -0.05) is 0 Å². The summed E-state index contributed by atoms with van der Waals surface area (Å²) in [4.78, 5) is 55.0. The zero-order valence-electron chi connectivity index (χ0n) is 8.46. The van der Waals surface area contributed by atoms with Crippen LogP contribution in [0.1, 0.15) is 25.7 Å². The van der Waals surface area contributed by atoms with E-state index in [0.29, 0.717) is 5.06 Å². The van der Waals surface area contributed by atoms with Crippen LogP contribution in [0.3, 0.4) is 0 Å². The highest BCUT2D eigenvalue weighted by Crippen LogP contribution is 2.24. The fourth-order valence-corrected chi connectivity index (χ4v) is 1.61. The zero-order valence-corrected chi connectivity index (χ0v) is 9.35. The topological polar surface area (TPSA) is 104 Å². The van der Waals surface area contributed by atoms with Gasteiger partial charge in [0.15, 0.2) is 8.38 Å². The van der Waals surface area contributed by atoms with E-state index in [2.05, 4.69) is 4.84 Å². The van der Waals surface area contributed by atoms with Crippen LogP contribution in [0.2, 0.25) is 0 Å². The molecule has 1 saturated heterocycles. The van der Waals surface area contributed by atoms with Crippen molar-refractivity contribution in [1.82, 2.24) is 5.06 Å². The van der Waals surface area contributed by atoms with E-state index in [4.69, 9.17) is 9.79 Å². The second-order valence-corrected chi connectivity index (χ2v) is 4.44. The summed E-state index contributed by atoms with van der Waals surface area (Å²) in [6.45, 7) is 0. The molecule has 1 fully saturated rings. The van der Waals surface area contributed by atoms with Crippen LogP contribution in [0.5, 0.6) is 0 Å². The standard InChI is InChI=1S/C8H12NO6P/c10-6-3-4-7(11)9(6)15-8(12)2-1-5-16(13)14/h13-14H,1-5H2. The molecule has 8 heteroatoms. The lowest BCUT2D eigenvalue weighted by Crippen LogP contribution is -2.32. The Kier molecular flexibility index (Phi) is 4.79. The number of hydrogen-bond donors (Lipinski definition) is 2. The molecule has 1 heterocycles. The average Bonchev–Trinajstić information content (AvgIpc) is 2.49. The van der Waals surface area contributed by atoms with Gasteiger partial charge in [0.05, 0.1) is 0 Å². The molecule has 0 aromatic heterocycles. The van der Waals surface area contributed by atoms with Crippen molar-refractivity contribution < 1.29 is 29.0 Å². The number of carbonyl (C=O) groups excluding carboxylic acids is 3. The fourth-order valence-electron chi connectivity index (χ4n) is 1.17. The van der Waals surface area contributed by atoms with Crippen LogP contribution in [0.25, 0.3) is 0 Å². The van der Waals surface area contributed by atoms with Crippen molar-refractivity contribution in [3.05, 3.63) is 0 Å². The number of hydroxylamine groups is 2. The second-order valence-electron chi connectivity index (χ2n) is 3.24. The van der Waals surface area contributed by atoms with Gasteiger partial charge < -0.3 is 14.6 Å². The molecule has 0 bridgehead atoms. The molecule has 0 aliphatic carbocycles. The Labute approximate surface area is 92.9 Å². The molecule has 1 aliphatic rings. The minimum atomic E-state index is -2.02. The molecule has 0 atom stereocenters. The molecule has 7 nitrogen and oxygen atoms in total. The van der Waals surface area contributed by atoms with Crippen molar-refractivity contribution in [3.63, 3.8) is 0 Å². The molecule has 0 saturated carbocycles. The predicted molar refractivity (Wildman–Crippen MR) is 52.6 cm³/mol. The SMILES string of the molecule is O=C(CCCP(O)O)ON1C(=O)CCC1=O. The summed E-state index contributed by atoms with van der Waals surface area (Å²) in [7, 11) is -2.02. The maximum atomic E-state index is 11.1. The van der Waals surface area contributed by atoms with Gasteiger partial charge in [0.1, 0.15) is 0 Å². The van der Waals surface area contributed by atoms with Gasteiger partial charge in [0.2, 0.25) is 0 Å². The van der Waals surface area contributed by atoms with Crippen molar-refractivity contribution in [1.29, 1.82) is 0 Å². The summed E-state index contributed by atoms with van der Waals surface area (Å²) < 4.78 is 0. The molecule has 16 heavy (non-hydrogen) atoms. The largest absolute Gasteiger partial charge is 0.350 e. The zero-order chi connectivity index (χ0) is 12.1. The fraction of sp³-hybridized carbons (Fsp3) is 0.625. The normalized spacial score (nSPS) is 16.1. The van der Waals surface area contributed by atoms with E-state index in [0.717, 1.165) is 0 Å². The maximum Gasteiger partial charge on any atom is 0.333 e. The first kappa shape index (κ1) is 13.0. The molecule has 0 aromatic carbocycles. The highest BCUT2D eigenvalue weighted by atomic mass is 31.2. The van der Waals surface area contributed by atoms with Crippen LogP contribution < -0.4 is 0 Å². The van der Waals surface area contributed by atoms with Gasteiger partial charge in [0, 0.05) is 25.4 Å². The number of rotatable bonds is 5. The number of nitrogens with zero attached hydrogens (tertiary/aromatic N) is 1. The monoisotopic (exact) mass is 249 g/mol. The average molecular weight is 249 g/mol. The minimum Gasteiger partial charge on any atom is -0.350 e. The molecule has 2 N–H and O–H groups in total. The third-order valence-corrected chi connectivity index (χ3v) is 2.65. The van der Waals surface area contributed by atoms with Crippen molar-refractivity contribution in [3.8, 4) is 0 Å². The van der Waals surface area contributed by atoms with Gasteiger partial charge in [-0.2, -0.15) is 0 Å². The molecule has 0 unspecified atom stereocenters. The first-order valence-corrected chi connectivity index (χ1v) is 6.16. The quantitative estimate of drug-likeness (QED) is 0.510. The first-order chi connectivity index (χ1) is 7.50. The summed E-state index contributed by atoms with van der Waals surface area (Å²) in [5.74, 6) is -1.77. The molecule has 0 radical (unpaired) electrons. The smallest absolute Gasteiger partial charge is 0.333 e. The number of imide groups is 1. The van der Waals surface area contributed by atoms with Gasteiger partial charge >= 0.3 is 5.97 Å². The van der Waals surface area contributed by atoms with Crippen molar-refractivity contribution in [2.75, 3.05) is 6.16 Å². The van der Waals surface area contributed by atoms with Crippen LogP contribution >= 0.6 is 8.38 Å².